The first-order valence-corrected chi connectivity index (χ1v) is 6.13. The summed E-state index contributed by atoms with van der Waals surface area (Å²) in [5.41, 5.74) is 1.32. The van der Waals surface area contributed by atoms with Gasteiger partial charge in [0.15, 0.2) is 5.78 Å². The molecule has 0 aliphatic heterocycles. The molecule has 0 bridgehead atoms. The minimum atomic E-state index is -0.0940. The van der Waals surface area contributed by atoms with Crippen molar-refractivity contribution in [3.8, 4) is 5.75 Å². The summed E-state index contributed by atoms with van der Waals surface area (Å²) in [6.07, 6.45) is 5.11. The molecule has 2 rings (SSSR count). The van der Waals surface area contributed by atoms with Crippen LogP contribution in [0.5, 0.6) is 5.75 Å². The molecule has 98 valence electrons. The van der Waals surface area contributed by atoms with E-state index in [-0.39, 0.29) is 5.78 Å². The Morgan fingerprint density at radius 3 is 2.84 bits per heavy atom. The number of nitrogens with zero attached hydrogens (tertiary/aromatic N) is 2. The van der Waals surface area contributed by atoms with Gasteiger partial charge in [-0.15, -0.1) is 0 Å². The molecule has 0 saturated carbocycles. The smallest absolute Gasteiger partial charge is 0.189 e. The zero-order valence-electron chi connectivity index (χ0n) is 11.0. The van der Waals surface area contributed by atoms with E-state index in [9.17, 15) is 4.79 Å². The number of carbonyl (C=O) groups excluding carboxylic acids is 1. The van der Waals surface area contributed by atoms with Gasteiger partial charge in [0.25, 0.3) is 0 Å². The van der Waals surface area contributed by atoms with Crippen LogP contribution in [-0.4, -0.2) is 22.7 Å². The zero-order chi connectivity index (χ0) is 13.7. The molecular formula is C15H16N2O2. The third-order valence-corrected chi connectivity index (χ3v) is 2.76. The number of ether oxygens (including phenoxy) is 1. The van der Waals surface area contributed by atoms with Gasteiger partial charge in [-0.25, -0.2) is 0 Å². The number of hydrogen-bond acceptors (Lipinski definition) is 3. The van der Waals surface area contributed by atoms with Crippen molar-refractivity contribution in [3.63, 3.8) is 0 Å². The zero-order valence-corrected chi connectivity index (χ0v) is 11.0. The van der Waals surface area contributed by atoms with Crippen molar-refractivity contribution in [1.82, 2.24) is 9.78 Å². The maximum atomic E-state index is 12.1. The topological polar surface area (TPSA) is 44.1 Å². The molecule has 0 aliphatic rings. The average molecular weight is 256 g/mol. The van der Waals surface area contributed by atoms with Gasteiger partial charge in [0, 0.05) is 12.7 Å². The van der Waals surface area contributed by atoms with E-state index in [0.29, 0.717) is 11.3 Å². The lowest BCUT2D eigenvalue weighted by Crippen LogP contribution is -1.98. The summed E-state index contributed by atoms with van der Waals surface area (Å²) in [4.78, 5) is 12.1. The average Bonchev–Trinajstić information content (AvgIpc) is 2.92. The number of allylic oxidation sites excluding steroid dienone is 1. The normalized spacial score (nSPS) is 10.8. The minimum Gasteiger partial charge on any atom is -0.496 e. The Balaban J connectivity index is 2.16. The molecule has 0 radical (unpaired) electrons. The molecule has 1 heterocycles. The Morgan fingerprint density at radius 1 is 1.37 bits per heavy atom. The predicted octanol–water partition coefficient (Wildman–Crippen LogP) is 2.81. The number of carbonyl (C=O) groups is 1. The van der Waals surface area contributed by atoms with Crippen molar-refractivity contribution < 1.29 is 9.53 Å². The molecule has 0 atom stereocenters. The highest BCUT2D eigenvalue weighted by atomic mass is 16.5. The third-order valence-electron chi connectivity index (χ3n) is 2.76. The highest BCUT2D eigenvalue weighted by Crippen LogP contribution is 2.18. The lowest BCUT2D eigenvalue weighted by molar-refractivity contribution is 0.104. The summed E-state index contributed by atoms with van der Waals surface area (Å²) in [6.45, 7) is 2.83. The van der Waals surface area contributed by atoms with Crippen LogP contribution in [0.1, 0.15) is 23.0 Å². The fraction of sp³-hybridized carbons (Fsp3) is 0.200. The van der Waals surface area contributed by atoms with Crippen LogP contribution in [0.4, 0.5) is 0 Å². The number of hydrogen-bond donors (Lipinski definition) is 0. The van der Waals surface area contributed by atoms with Crippen LogP contribution in [0, 0.1) is 0 Å². The van der Waals surface area contributed by atoms with Crippen molar-refractivity contribution >= 4 is 11.9 Å². The van der Waals surface area contributed by atoms with Gasteiger partial charge in [0.05, 0.1) is 18.4 Å². The van der Waals surface area contributed by atoms with Crippen LogP contribution in [0.25, 0.3) is 6.08 Å². The molecule has 0 saturated heterocycles. The molecule has 1 aromatic carbocycles. The van der Waals surface area contributed by atoms with Crippen LogP contribution < -0.4 is 4.74 Å². The standard InChI is InChI=1S/C15H16N2O2/c1-3-17-11-10-12(16-17)8-9-14(18)13-6-4-5-7-15(13)19-2/h4-11H,3H2,1-2H3/b9-8+. The molecule has 2 aromatic rings. The van der Waals surface area contributed by atoms with Gasteiger partial charge in [-0.2, -0.15) is 5.10 Å². The molecule has 0 fully saturated rings. The highest BCUT2D eigenvalue weighted by molar-refractivity contribution is 6.08. The maximum absolute atomic E-state index is 12.1. The van der Waals surface area contributed by atoms with Gasteiger partial charge in [-0.3, -0.25) is 9.48 Å². The first-order chi connectivity index (χ1) is 9.24. The van der Waals surface area contributed by atoms with E-state index in [0.717, 1.165) is 12.2 Å². The Labute approximate surface area is 112 Å². The molecular weight excluding hydrogens is 240 g/mol. The van der Waals surface area contributed by atoms with Gasteiger partial charge in [0.2, 0.25) is 0 Å². The Kier molecular flexibility index (Phi) is 4.13. The summed E-state index contributed by atoms with van der Waals surface area (Å²) in [5, 5.41) is 4.28. The van der Waals surface area contributed by atoms with Crippen molar-refractivity contribution in [2.24, 2.45) is 0 Å². The highest BCUT2D eigenvalue weighted by Gasteiger charge is 2.08. The number of methoxy groups -OCH3 is 1. The summed E-state index contributed by atoms with van der Waals surface area (Å²) < 4.78 is 6.98. The second kappa shape index (κ2) is 6.00. The fourth-order valence-corrected chi connectivity index (χ4v) is 1.74. The molecule has 19 heavy (non-hydrogen) atoms. The lowest BCUT2D eigenvalue weighted by atomic mass is 10.1. The van der Waals surface area contributed by atoms with Crippen molar-refractivity contribution in [2.45, 2.75) is 13.5 Å². The quantitative estimate of drug-likeness (QED) is 0.610. The molecule has 0 amide bonds. The SMILES string of the molecule is CCn1ccc(/C=C/C(=O)c2ccccc2OC)n1. The lowest BCUT2D eigenvalue weighted by Gasteiger charge is -2.03. The number of rotatable bonds is 5. The molecule has 1 aromatic heterocycles. The van der Waals surface area contributed by atoms with E-state index >= 15 is 0 Å². The second-order valence-electron chi connectivity index (χ2n) is 3.99. The first kappa shape index (κ1) is 13.1. The maximum Gasteiger partial charge on any atom is 0.189 e. The van der Waals surface area contributed by atoms with Gasteiger partial charge in [0.1, 0.15) is 5.75 Å². The Bertz CT molecular complexity index is 600. The Morgan fingerprint density at radius 2 is 2.16 bits per heavy atom. The number of ketones is 1. The van der Waals surface area contributed by atoms with Gasteiger partial charge < -0.3 is 4.74 Å². The predicted molar refractivity (Wildman–Crippen MR) is 74.3 cm³/mol. The molecule has 0 aliphatic carbocycles. The minimum absolute atomic E-state index is 0.0940. The Hall–Kier alpha value is -2.36. The monoisotopic (exact) mass is 256 g/mol. The molecule has 0 unspecified atom stereocenters. The van der Waals surface area contributed by atoms with Crippen molar-refractivity contribution in [2.75, 3.05) is 7.11 Å². The van der Waals surface area contributed by atoms with E-state index < -0.39 is 0 Å². The van der Waals surface area contributed by atoms with E-state index in [4.69, 9.17) is 4.74 Å². The largest absolute Gasteiger partial charge is 0.496 e. The fourth-order valence-electron chi connectivity index (χ4n) is 1.74. The summed E-state index contributed by atoms with van der Waals surface area (Å²) in [7, 11) is 1.55. The summed E-state index contributed by atoms with van der Waals surface area (Å²) in [5.74, 6) is 0.486. The summed E-state index contributed by atoms with van der Waals surface area (Å²) >= 11 is 0. The number of aryl methyl sites for hydroxylation is 1. The van der Waals surface area contributed by atoms with E-state index in [1.165, 1.54) is 6.08 Å². The molecule has 0 spiro atoms. The number of para-hydroxylation sites is 1. The van der Waals surface area contributed by atoms with Crippen LogP contribution in [0.3, 0.4) is 0 Å². The molecule has 4 heteroatoms. The van der Waals surface area contributed by atoms with E-state index in [1.807, 2.05) is 36.0 Å². The van der Waals surface area contributed by atoms with Crippen molar-refractivity contribution in [3.05, 3.63) is 53.9 Å². The molecule has 0 N–H and O–H groups in total. The van der Waals surface area contributed by atoms with Gasteiger partial charge in [-0.05, 0) is 37.3 Å². The summed E-state index contributed by atoms with van der Waals surface area (Å²) in [6, 6.07) is 9.04. The van der Waals surface area contributed by atoms with Crippen LogP contribution in [0.2, 0.25) is 0 Å². The third kappa shape index (κ3) is 3.10. The number of aromatic nitrogens is 2. The number of benzene rings is 1. The van der Waals surface area contributed by atoms with E-state index in [1.54, 1.807) is 25.3 Å². The second-order valence-corrected chi connectivity index (χ2v) is 3.99. The van der Waals surface area contributed by atoms with Crippen LogP contribution in [0.15, 0.2) is 42.6 Å². The van der Waals surface area contributed by atoms with E-state index in [2.05, 4.69) is 5.10 Å². The van der Waals surface area contributed by atoms with Gasteiger partial charge in [-0.1, -0.05) is 12.1 Å². The molecule has 4 nitrogen and oxygen atoms in total. The van der Waals surface area contributed by atoms with Crippen molar-refractivity contribution in [1.29, 1.82) is 0 Å². The first-order valence-electron chi connectivity index (χ1n) is 6.13. The van der Waals surface area contributed by atoms with Gasteiger partial charge >= 0.3 is 0 Å². The van der Waals surface area contributed by atoms with Crippen LogP contribution in [-0.2, 0) is 6.54 Å². The van der Waals surface area contributed by atoms with Crippen LogP contribution >= 0.6 is 0 Å².